The van der Waals surface area contributed by atoms with Gasteiger partial charge >= 0.3 is 0 Å². The van der Waals surface area contributed by atoms with Gasteiger partial charge in [0.2, 0.25) is 0 Å². The second kappa shape index (κ2) is 4.35. The van der Waals surface area contributed by atoms with Crippen molar-refractivity contribution in [3.8, 4) is 0 Å². The van der Waals surface area contributed by atoms with Crippen molar-refractivity contribution >= 4 is 11.6 Å². The van der Waals surface area contributed by atoms with Crippen molar-refractivity contribution in [1.29, 1.82) is 0 Å². The van der Waals surface area contributed by atoms with Crippen LogP contribution in [0.1, 0.15) is 45.0 Å². The lowest BCUT2D eigenvalue weighted by atomic mass is 10.1. The maximum absolute atomic E-state index is 6.20. The molecule has 0 aliphatic heterocycles. The van der Waals surface area contributed by atoms with Crippen LogP contribution in [0, 0.1) is 11.8 Å². The van der Waals surface area contributed by atoms with Gasteiger partial charge in [0, 0.05) is 6.04 Å². The number of nitrogens with one attached hydrogen (secondary N) is 1. The molecule has 0 amide bonds. The zero-order valence-electron chi connectivity index (χ0n) is 9.94. The minimum atomic E-state index is 0.118. The average Bonchev–Trinajstić information content (AvgIpc) is 2.80. The standard InChI is InChI=1S/C11H19ClN4/c1-6(2)16-11(9(12)5-14-16)10(15-13)8-4-7(8)3/h5-8,10,15H,4,13H2,1-3H3. The maximum Gasteiger partial charge on any atom is 0.0834 e. The summed E-state index contributed by atoms with van der Waals surface area (Å²) in [7, 11) is 0. The van der Waals surface area contributed by atoms with Gasteiger partial charge in [-0.15, -0.1) is 0 Å². The number of rotatable bonds is 4. The van der Waals surface area contributed by atoms with Gasteiger partial charge in [-0.1, -0.05) is 18.5 Å². The average molecular weight is 243 g/mol. The molecule has 1 fully saturated rings. The van der Waals surface area contributed by atoms with E-state index in [1.54, 1.807) is 6.20 Å². The van der Waals surface area contributed by atoms with Crippen LogP contribution in [0.4, 0.5) is 0 Å². The summed E-state index contributed by atoms with van der Waals surface area (Å²) >= 11 is 6.20. The van der Waals surface area contributed by atoms with E-state index in [4.69, 9.17) is 17.4 Å². The molecule has 0 aromatic carbocycles. The van der Waals surface area contributed by atoms with E-state index < -0.39 is 0 Å². The molecule has 5 heteroatoms. The van der Waals surface area contributed by atoms with E-state index >= 15 is 0 Å². The predicted octanol–water partition coefficient (Wildman–Crippen LogP) is 2.28. The molecule has 0 bridgehead atoms. The minimum Gasteiger partial charge on any atom is -0.271 e. The summed E-state index contributed by atoms with van der Waals surface area (Å²) in [6, 6.07) is 0.416. The molecule has 1 aliphatic rings. The van der Waals surface area contributed by atoms with Gasteiger partial charge in [0.1, 0.15) is 0 Å². The minimum absolute atomic E-state index is 0.118. The van der Waals surface area contributed by atoms with Crippen molar-refractivity contribution in [2.45, 2.75) is 39.3 Å². The van der Waals surface area contributed by atoms with Crippen molar-refractivity contribution in [2.24, 2.45) is 17.7 Å². The summed E-state index contributed by atoms with van der Waals surface area (Å²) in [5.74, 6) is 6.95. The lowest BCUT2D eigenvalue weighted by Crippen LogP contribution is -2.32. The van der Waals surface area contributed by atoms with Crippen LogP contribution in [0.15, 0.2) is 6.20 Å². The topological polar surface area (TPSA) is 55.9 Å². The van der Waals surface area contributed by atoms with Crippen molar-refractivity contribution in [3.63, 3.8) is 0 Å². The molecule has 0 radical (unpaired) electrons. The van der Waals surface area contributed by atoms with Gasteiger partial charge in [0.05, 0.1) is 23.0 Å². The first-order valence-electron chi connectivity index (χ1n) is 5.75. The lowest BCUT2D eigenvalue weighted by molar-refractivity contribution is 0.411. The van der Waals surface area contributed by atoms with Gasteiger partial charge < -0.3 is 0 Å². The Morgan fingerprint density at radius 2 is 2.25 bits per heavy atom. The monoisotopic (exact) mass is 242 g/mol. The highest BCUT2D eigenvalue weighted by molar-refractivity contribution is 6.31. The predicted molar refractivity (Wildman–Crippen MR) is 65.0 cm³/mol. The summed E-state index contributed by atoms with van der Waals surface area (Å²) in [5, 5.41) is 5.01. The van der Waals surface area contributed by atoms with Crippen LogP contribution in [-0.4, -0.2) is 9.78 Å². The Labute approximate surface area is 101 Å². The molecule has 0 spiro atoms. The number of aromatic nitrogens is 2. The third-order valence-corrected chi connectivity index (χ3v) is 3.64. The van der Waals surface area contributed by atoms with Crippen LogP contribution in [0.25, 0.3) is 0 Å². The second-order valence-corrected chi connectivity index (χ2v) is 5.34. The number of nitrogens with zero attached hydrogens (tertiary/aromatic N) is 2. The molecule has 3 atom stereocenters. The fraction of sp³-hybridized carbons (Fsp3) is 0.727. The molecule has 90 valence electrons. The van der Waals surface area contributed by atoms with E-state index in [0.29, 0.717) is 22.9 Å². The Kier molecular flexibility index (Phi) is 3.24. The molecule has 1 saturated carbocycles. The Morgan fingerprint density at radius 3 is 2.69 bits per heavy atom. The SMILES string of the molecule is CC1CC1C(NN)c1c(Cl)cnn1C(C)C. The molecule has 0 saturated heterocycles. The number of nitrogens with two attached hydrogens (primary N) is 1. The van der Waals surface area contributed by atoms with Crippen LogP contribution in [-0.2, 0) is 0 Å². The van der Waals surface area contributed by atoms with Crippen LogP contribution in [0.3, 0.4) is 0 Å². The zero-order chi connectivity index (χ0) is 11.9. The molecule has 4 nitrogen and oxygen atoms in total. The summed E-state index contributed by atoms with van der Waals surface area (Å²) in [6.45, 7) is 6.42. The molecule has 1 aliphatic carbocycles. The Morgan fingerprint density at radius 1 is 1.62 bits per heavy atom. The lowest BCUT2D eigenvalue weighted by Gasteiger charge is -2.20. The fourth-order valence-electron chi connectivity index (χ4n) is 2.27. The van der Waals surface area contributed by atoms with Gasteiger partial charge in [-0.2, -0.15) is 5.10 Å². The van der Waals surface area contributed by atoms with Crippen molar-refractivity contribution in [3.05, 3.63) is 16.9 Å². The van der Waals surface area contributed by atoms with E-state index in [9.17, 15) is 0 Å². The normalized spacial score (nSPS) is 26.1. The molecule has 2 rings (SSSR count). The van der Waals surface area contributed by atoms with Gasteiger partial charge in [-0.05, 0) is 32.1 Å². The van der Waals surface area contributed by atoms with E-state index in [-0.39, 0.29) is 6.04 Å². The summed E-state index contributed by atoms with van der Waals surface area (Å²) in [5.41, 5.74) is 3.91. The quantitative estimate of drug-likeness (QED) is 0.629. The van der Waals surface area contributed by atoms with E-state index in [1.165, 1.54) is 6.42 Å². The zero-order valence-corrected chi connectivity index (χ0v) is 10.7. The molecule has 16 heavy (non-hydrogen) atoms. The maximum atomic E-state index is 6.20. The largest absolute Gasteiger partial charge is 0.271 e. The summed E-state index contributed by atoms with van der Waals surface area (Å²) in [4.78, 5) is 0. The van der Waals surface area contributed by atoms with Gasteiger partial charge in [-0.3, -0.25) is 16.0 Å². The highest BCUT2D eigenvalue weighted by Gasteiger charge is 2.42. The first-order valence-corrected chi connectivity index (χ1v) is 6.13. The Balaban J connectivity index is 2.33. The van der Waals surface area contributed by atoms with Crippen molar-refractivity contribution in [1.82, 2.24) is 15.2 Å². The number of hydrazine groups is 1. The highest BCUT2D eigenvalue weighted by atomic mass is 35.5. The van der Waals surface area contributed by atoms with Gasteiger partial charge in [0.15, 0.2) is 0 Å². The summed E-state index contributed by atoms with van der Waals surface area (Å²) in [6.07, 6.45) is 2.91. The first kappa shape index (κ1) is 11.9. The van der Waals surface area contributed by atoms with Gasteiger partial charge in [-0.25, -0.2) is 0 Å². The molecule has 1 aromatic heterocycles. The Bertz CT molecular complexity index is 374. The third kappa shape index (κ3) is 1.97. The summed E-state index contributed by atoms with van der Waals surface area (Å²) < 4.78 is 1.96. The fourth-order valence-corrected chi connectivity index (χ4v) is 2.52. The molecule has 3 unspecified atom stereocenters. The van der Waals surface area contributed by atoms with E-state index in [2.05, 4.69) is 31.3 Å². The van der Waals surface area contributed by atoms with E-state index in [0.717, 1.165) is 5.69 Å². The Hall–Kier alpha value is -0.580. The second-order valence-electron chi connectivity index (χ2n) is 4.94. The molecule has 1 heterocycles. The molecular formula is C11H19ClN4. The van der Waals surface area contributed by atoms with Crippen LogP contribution < -0.4 is 11.3 Å². The highest BCUT2D eigenvalue weighted by Crippen LogP contribution is 2.48. The van der Waals surface area contributed by atoms with Gasteiger partial charge in [0.25, 0.3) is 0 Å². The molecule has 1 aromatic rings. The van der Waals surface area contributed by atoms with E-state index in [1.807, 2.05) is 4.68 Å². The molecule has 3 N–H and O–H groups in total. The number of hydrogen-bond acceptors (Lipinski definition) is 3. The van der Waals surface area contributed by atoms with Crippen LogP contribution >= 0.6 is 11.6 Å². The number of hydrogen-bond donors (Lipinski definition) is 2. The molecular weight excluding hydrogens is 224 g/mol. The van der Waals surface area contributed by atoms with Crippen LogP contribution in [0.5, 0.6) is 0 Å². The van der Waals surface area contributed by atoms with Crippen molar-refractivity contribution < 1.29 is 0 Å². The first-order chi connectivity index (χ1) is 7.56. The third-order valence-electron chi connectivity index (χ3n) is 3.35. The van der Waals surface area contributed by atoms with Crippen molar-refractivity contribution in [2.75, 3.05) is 0 Å². The number of halogens is 1. The van der Waals surface area contributed by atoms with Crippen LogP contribution in [0.2, 0.25) is 5.02 Å². The smallest absolute Gasteiger partial charge is 0.0834 e.